The van der Waals surface area contributed by atoms with Crippen LogP contribution in [0.3, 0.4) is 0 Å². The Morgan fingerprint density at radius 2 is 0.889 bits per heavy atom. The van der Waals surface area contributed by atoms with Crippen LogP contribution in [0.1, 0.15) is 0 Å². The molecule has 0 aliphatic heterocycles. The van der Waals surface area contributed by atoms with Gasteiger partial charge in [-0.25, -0.2) is 13.2 Å². The molecule has 0 saturated heterocycles. The maximum absolute atomic E-state index is 12.5. The summed E-state index contributed by atoms with van der Waals surface area (Å²) in [6.45, 7) is 0. The fourth-order valence-corrected chi connectivity index (χ4v) is 0.729. The smallest absolute Gasteiger partial charge is 0.296 e. The first-order valence-electron chi connectivity index (χ1n) is 3.83. The Balaban J connectivity index is 5.74. The van der Waals surface area contributed by atoms with Crippen LogP contribution in [-0.2, 0) is 0 Å². The maximum Gasteiger partial charge on any atom is 0.384 e. The molecule has 0 aliphatic carbocycles. The number of nitrogens with two attached hydrogens (primary N) is 1. The van der Waals surface area contributed by atoms with E-state index in [1.165, 1.54) is 0 Å². The topological polar surface area (TPSA) is 26.0 Å². The van der Waals surface area contributed by atoms with Crippen LogP contribution >= 0.6 is 0 Å². The van der Waals surface area contributed by atoms with Gasteiger partial charge in [0.15, 0.2) is 0 Å². The molecule has 0 saturated carbocycles. The molecule has 1 atom stereocenters. The van der Waals surface area contributed by atoms with Gasteiger partial charge in [-0.05, 0) is 0 Å². The summed E-state index contributed by atoms with van der Waals surface area (Å²) in [6, 6.07) is 0. The first-order valence-corrected chi connectivity index (χ1v) is 3.83. The molecule has 0 amide bonds. The summed E-state index contributed by atoms with van der Waals surface area (Å²) < 4.78 is 133. The normalized spacial score (nSPS) is 17.2. The lowest BCUT2D eigenvalue weighted by atomic mass is 9.98. The second-order valence-electron chi connectivity index (χ2n) is 3.10. The van der Waals surface area contributed by atoms with E-state index < -0.39 is 36.4 Å². The van der Waals surface area contributed by atoms with Crippen LogP contribution in [0.5, 0.6) is 0 Å². The van der Waals surface area contributed by atoms with Crippen LogP contribution in [0, 0.1) is 0 Å². The molecule has 0 spiro atoms. The molecule has 0 aromatic rings. The van der Waals surface area contributed by atoms with Crippen molar-refractivity contribution in [3.63, 3.8) is 0 Å². The van der Waals surface area contributed by atoms with Gasteiger partial charge in [-0.1, -0.05) is 0 Å². The number of halogens is 11. The molecule has 12 heteroatoms. The lowest BCUT2D eigenvalue weighted by Crippen LogP contribution is -2.67. The summed E-state index contributed by atoms with van der Waals surface area (Å²) in [5, 5.41) is 0. The molecule has 0 aromatic heterocycles. The van der Waals surface area contributed by atoms with Crippen LogP contribution in [0.25, 0.3) is 0 Å². The highest BCUT2D eigenvalue weighted by Crippen LogP contribution is 2.54. The van der Waals surface area contributed by atoms with Crippen molar-refractivity contribution in [2.45, 2.75) is 36.4 Å². The zero-order valence-corrected chi connectivity index (χ0v) is 7.89. The Hall–Kier alpha value is -0.810. The minimum atomic E-state index is -7.21. The molecule has 0 fully saturated rings. The molecule has 0 aromatic carbocycles. The van der Waals surface area contributed by atoms with Gasteiger partial charge < -0.3 is 0 Å². The van der Waals surface area contributed by atoms with Crippen molar-refractivity contribution in [1.82, 2.24) is 0 Å². The number of rotatable bonds is 5. The third kappa shape index (κ3) is 2.10. The van der Waals surface area contributed by atoms with E-state index in [2.05, 4.69) is 5.73 Å². The number of alkyl halides is 11. The Labute approximate surface area is 91.7 Å². The van der Waals surface area contributed by atoms with Crippen LogP contribution in [-0.4, -0.2) is 36.4 Å². The van der Waals surface area contributed by atoms with Gasteiger partial charge in [0, 0.05) is 0 Å². The van der Waals surface area contributed by atoms with Crippen molar-refractivity contribution in [3.05, 3.63) is 0 Å². The van der Waals surface area contributed by atoms with Gasteiger partial charge in [0.1, 0.15) is 0 Å². The number of hydrogen-bond donors (Lipinski definition) is 1. The molecule has 0 heterocycles. The molecule has 1 nitrogen and oxygen atoms in total. The van der Waals surface area contributed by atoms with Gasteiger partial charge in [0.25, 0.3) is 0 Å². The van der Waals surface area contributed by atoms with E-state index in [0.29, 0.717) is 0 Å². The minimum absolute atomic E-state index is 3.61. The van der Waals surface area contributed by atoms with E-state index >= 15 is 0 Å². The van der Waals surface area contributed by atoms with E-state index in [4.69, 9.17) is 0 Å². The summed E-state index contributed by atoms with van der Waals surface area (Å²) in [5.74, 6) is -27.6. The van der Waals surface area contributed by atoms with Crippen molar-refractivity contribution >= 4 is 0 Å². The third-order valence-corrected chi connectivity index (χ3v) is 1.85. The highest BCUT2D eigenvalue weighted by Gasteiger charge is 2.84. The molecule has 0 radical (unpaired) electrons. The largest absolute Gasteiger partial charge is 0.384 e. The zero-order chi connectivity index (χ0) is 15.2. The molecule has 110 valence electrons. The van der Waals surface area contributed by atoms with Gasteiger partial charge >= 0.3 is 30.1 Å². The van der Waals surface area contributed by atoms with E-state index in [1.54, 1.807) is 0 Å². The molecule has 0 bridgehead atoms. The van der Waals surface area contributed by atoms with Crippen LogP contribution in [0.2, 0.25) is 0 Å². The molecule has 2 N–H and O–H groups in total. The molecular weight excluding hydrogens is 295 g/mol. The molecule has 18 heavy (non-hydrogen) atoms. The summed E-state index contributed by atoms with van der Waals surface area (Å²) in [4.78, 5) is 0. The first-order chi connectivity index (χ1) is 7.64. The average Bonchev–Trinajstić information content (AvgIpc) is 2.15. The monoisotopic (exact) mass is 299 g/mol. The third-order valence-electron chi connectivity index (χ3n) is 1.85. The lowest BCUT2D eigenvalue weighted by molar-refractivity contribution is -0.390. The van der Waals surface area contributed by atoms with Crippen molar-refractivity contribution in [1.29, 1.82) is 0 Å². The number of hydrogen-bond acceptors (Lipinski definition) is 1. The second kappa shape index (κ2) is 4.38. The first kappa shape index (κ1) is 17.2. The maximum atomic E-state index is 12.5. The van der Waals surface area contributed by atoms with Crippen molar-refractivity contribution in [2.75, 3.05) is 0 Å². The van der Waals surface area contributed by atoms with Crippen molar-refractivity contribution in [2.24, 2.45) is 5.73 Å². The van der Waals surface area contributed by atoms with Crippen LogP contribution in [0.4, 0.5) is 48.3 Å². The van der Waals surface area contributed by atoms with Gasteiger partial charge in [-0.3, -0.25) is 5.73 Å². The van der Waals surface area contributed by atoms with Crippen LogP contribution < -0.4 is 5.73 Å². The summed E-state index contributed by atoms with van der Waals surface area (Å²) >= 11 is 0. The predicted molar refractivity (Wildman–Crippen MR) is 34.9 cm³/mol. The van der Waals surface area contributed by atoms with E-state index in [1.807, 2.05) is 0 Å². The zero-order valence-electron chi connectivity index (χ0n) is 7.89. The Kier molecular flexibility index (Phi) is 4.19. The molecule has 0 aliphatic rings. The quantitative estimate of drug-likeness (QED) is 0.613. The van der Waals surface area contributed by atoms with Gasteiger partial charge in [-0.2, -0.15) is 35.1 Å². The highest BCUT2D eigenvalue weighted by molar-refractivity contribution is 5.05. The molecule has 0 rings (SSSR count). The molecular formula is C6H4F11N. The Bertz CT molecular complexity index is 266. The average molecular weight is 299 g/mol. The van der Waals surface area contributed by atoms with E-state index in [0.717, 1.165) is 0 Å². The standard InChI is InChI=1S/C6H4F11N/c7-1(8)3(10,11)5(14,15)6(16,17)4(12,13)2(9)18/h1-2H,18H2. The van der Waals surface area contributed by atoms with Crippen LogP contribution in [0.15, 0.2) is 0 Å². The predicted octanol–water partition coefficient (Wildman–Crippen LogP) is 3.05. The van der Waals surface area contributed by atoms with E-state index in [-0.39, 0.29) is 0 Å². The van der Waals surface area contributed by atoms with E-state index in [9.17, 15) is 48.3 Å². The summed E-state index contributed by atoms with van der Waals surface area (Å²) in [7, 11) is 0. The Morgan fingerprint density at radius 3 is 1.11 bits per heavy atom. The molecule has 1 unspecified atom stereocenters. The minimum Gasteiger partial charge on any atom is -0.296 e. The summed E-state index contributed by atoms with van der Waals surface area (Å²) in [6.07, 6.45) is -9.82. The fraction of sp³-hybridized carbons (Fsp3) is 1.00. The van der Waals surface area contributed by atoms with Crippen molar-refractivity contribution < 1.29 is 48.3 Å². The Morgan fingerprint density at radius 1 is 0.611 bits per heavy atom. The van der Waals surface area contributed by atoms with Gasteiger partial charge in [0.2, 0.25) is 6.30 Å². The SMILES string of the molecule is NC(F)C(F)(F)C(F)(F)C(F)(F)C(F)(F)C(F)F. The van der Waals surface area contributed by atoms with Gasteiger partial charge in [0.05, 0.1) is 0 Å². The lowest BCUT2D eigenvalue weighted by Gasteiger charge is -2.36. The fourth-order valence-electron chi connectivity index (χ4n) is 0.729. The second-order valence-corrected chi connectivity index (χ2v) is 3.10. The van der Waals surface area contributed by atoms with Crippen molar-refractivity contribution in [3.8, 4) is 0 Å². The van der Waals surface area contributed by atoms with Gasteiger partial charge in [-0.15, -0.1) is 0 Å². The highest BCUT2D eigenvalue weighted by atomic mass is 19.4. The summed E-state index contributed by atoms with van der Waals surface area (Å²) in [5.41, 5.74) is 3.61.